The molecule has 1 atom stereocenters. The number of aryl methyl sites for hydroxylation is 1. The van der Waals surface area contributed by atoms with Crippen molar-refractivity contribution in [3.8, 4) is 17.4 Å². The molecule has 1 aromatic carbocycles. The predicted octanol–water partition coefficient (Wildman–Crippen LogP) is 2.48. The van der Waals surface area contributed by atoms with Gasteiger partial charge >= 0.3 is 0 Å². The van der Waals surface area contributed by atoms with Crippen LogP contribution in [0, 0.1) is 6.92 Å². The lowest BCUT2D eigenvalue weighted by Crippen LogP contribution is -2.30. The molecule has 0 aliphatic carbocycles. The average molecular weight is 308 g/mol. The molecule has 1 unspecified atom stereocenters. The van der Waals surface area contributed by atoms with E-state index in [1.54, 1.807) is 38.1 Å². The summed E-state index contributed by atoms with van der Waals surface area (Å²) in [5.74, 6) is 1.43. The van der Waals surface area contributed by atoms with Gasteiger partial charge in [-0.1, -0.05) is 11.6 Å². The first-order valence-electron chi connectivity index (χ1n) is 6.19. The fraction of sp³-hybridized carbons (Fsp3) is 0.214. The van der Waals surface area contributed by atoms with Crippen molar-refractivity contribution < 1.29 is 14.3 Å². The van der Waals surface area contributed by atoms with Crippen molar-refractivity contribution in [3.05, 3.63) is 41.3 Å². The molecule has 0 saturated heterocycles. The molecule has 0 radical (unpaired) electrons. The van der Waals surface area contributed by atoms with E-state index in [9.17, 15) is 4.79 Å². The van der Waals surface area contributed by atoms with Gasteiger partial charge in [0.25, 0.3) is 5.91 Å². The van der Waals surface area contributed by atoms with E-state index in [0.29, 0.717) is 28.4 Å². The van der Waals surface area contributed by atoms with Gasteiger partial charge in [-0.15, -0.1) is 0 Å². The fourth-order valence-electron chi connectivity index (χ4n) is 1.53. The van der Waals surface area contributed by atoms with E-state index in [2.05, 4.69) is 9.97 Å². The molecule has 2 N–H and O–H groups in total. The molecule has 2 aromatic rings. The Labute approximate surface area is 126 Å². The second-order valence-electron chi connectivity index (χ2n) is 4.31. The van der Waals surface area contributed by atoms with Crippen LogP contribution in [0.2, 0.25) is 5.15 Å². The van der Waals surface area contributed by atoms with Gasteiger partial charge in [-0.05, 0) is 38.1 Å². The molecule has 110 valence electrons. The molecule has 7 heteroatoms. The standard InChI is InChI=1S/C14H14ClN3O3/c1-8(14(16)19)20-10-3-5-11(6-4-10)21-13-7-12(15)17-9(2)18-13/h3-8H,1-2H3,(H2,16,19). The zero-order valence-corrected chi connectivity index (χ0v) is 12.3. The highest BCUT2D eigenvalue weighted by atomic mass is 35.5. The van der Waals surface area contributed by atoms with E-state index < -0.39 is 12.0 Å². The summed E-state index contributed by atoms with van der Waals surface area (Å²) in [6, 6.07) is 8.24. The molecule has 0 bridgehead atoms. The summed E-state index contributed by atoms with van der Waals surface area (Å²) < 4.78 is 10.9. The lowest BCUT2D eigenvalue weighted by atomic mass is 10.3. The van der Waals surface area contributed by atoms with E-state index in [4.69, 9.17) is 26.8 Å². The minimum absolute atomic E-state index is 0.313. The Kier molecular flexibility index (Phi) is 4.59. The third-order valence-corrected chi connectivity index (χ3v) is 2.74. The number of halogens is 1. The lowest BCUT2D eigenvalue weighted by Gasteiger charge is -2.11. The molecule has 21 heavy (non-hydrogen) atoms. The maximum Gasteiger partial charge on any atom is 0.258 e. The van der Waals surface area contributed by atoms with Crippen LogP contribution in [0.5, 0.6) is 17.4 Å². The van der Waals surface area contributed by atoms with Crippen LogP contribution in [0.1, 0.15) is 12.7 Å². The topological polar surface area (TPSA) is 87.3 Å². The number of hydrogen-bond donors (Lipinski definition) is 1. The molecule has 2 rings (SSSR count). The van der Waals surface area contributed by atoms with Crippen molar-refractivity contribution in [2.45, 2.75) is 20.0 Å². The normalized spacial score (nSPS) is 11.8. The molecule has 0 aliphatic rings. The van der Waals surface area contributed by atoms with Crippen LogP contribution in [-0.4, -0.2) is 22.0 Å². The zero-order valence-electron chi connectivity index (χ0n) is 11.5. The molecular weight excluding hydrogens is 294 g/mol. The zero-order chi connectivity index (χ0) is 15.4. The smallest absolute Gasteiger partial charge is 0.258 e. The molecule has 1 heterocycles. The van der Waals surface area contributed by atoms with Crippen molar-refractivity contribution in [3.63, 3.8) is 0 Å². The highest BCUT2D eigenvalue weighted by molar-refractivity contribution is 6.29. The number of ether oxygens (including phenoxy) is 2. The summed E-state index contributed by atoms with van der Waals surface area (Å²) in [7, 11) is 0. The number of nitrogens with zero attached hydrogens (tertiary/aromatic N) is 2. The van der Waals surface area contributed by atoms with E-state index >= 15 is 0 Å². The molecule has 0 aliphatic heterocycles. The summed E-state index contributed by atoms with van der Waals surface area (Å²) in [4.78, 5) is 19.0. The van der Waals surface area contributed by atoms with Crippen LogP contribution in [-0.2, 0) is 4.79 Å². The number of carbonyl (C=O) groups is 1. The van der Waals surface area contributed by atoms with Crippen molar-refractivity contribution >= 4 is 17.5 Å². The van der Waals surface area contributed by atoms with Crippen molar-refractivity contribution in [1.82, 2.24) is 9.97 Å². The van der Waals surface area contributed by atoms with Gasteiger partial charge in [-0.2, -0.15) is 4.98 Å². The van der Waals surface area contributed by atoms with E-state index in [-0.39, 0.29) is 0 Å². The quantitative estimate of drug-likeness (QED) is 0.857. The molecular formula is C14H14ClN3O3. The second-order valence-corrected chi connectivity index (χ2v) is 4.70. The molecule has 0 spiro atoms. The number of benzene rings is 1. The number of amides is 1. The van der Waals surface area contributed by atoms with E-state index in [0.717, 1.165) is 0 Å². The summed E-state index contributed by atoms with van der Waals surface area (Å²) in [5, 5.41) is 0.313. The minimum Gasteiger partial charge on any atom is -0.481 e. The van der Waals surface area contributed by atoms with Crippen LogP contribution in [0.4, 0.5) is 0 Å². The Hall–Kier alpha value is -2.34. The summed E-state index contributed by atoms with van der Waals surface area (Å²) in [6.07, 6.45) is -0.694. The number of hydrogen-bond acceptors (Lipinski definition) is 5. The fourth-order valence-corrected chi connectivity index (χ4v) is 1.74. The summed E-state index contributed by atoms with van der Waals surface area (Å²) >= 11 is 5.83. The Bertz CT molecular complexity index is 626. The van der Waals surface area contributed by atoms with Crippen LogP contribution < -0.4 is 15.2 Å². The lowest BCUT2D eigenvalue weighted by molar-refractivity contribution is -0.123. The van der Waals surface area contributed by atoms with Crippen molar-refractivity contribution in [2.75, 3.05) is 0 Å². The van der Waals surface area contributed by atoms with Crippen LogP contribution in [0.3, 0.4) is 0 Å². The van der Waals surface area contributed by atoms with Gasteiger partial charge in [0.15, 0.2) is 6.10 Å². The average Bonchev–Trinajstić information content (AvgIpc) is 2.39. The third-order valence-electron chi connectivity index (χ3n) is 2.54. The maximum absolute atomic E-state index is 10.9. The Morgan fingerprint density at radius 3 is 2.43 bits per heavy atom. The van der Waals surface area contributed by atoms with Gasteiger partial charge in [0.2, 0.25) is 5.88 Å². The number of rotatable bonds is 5. The van der Waals surface area contributed by atoms with Gasteiger partial charge in [-0.25, -0.2) is 4.98 Å². The van der Waals surface area contributed by atoms with Gasteiger partial charge in [0.1, 0.15) is 22.5 Å². The van der Waals surface area contributed by atoms with Crippen LogP contribution >= 0.6 is 11.6 Å². The molecule has 6 nitrogen and oxygen atoms in total. The number of nitrogens with two attached hydrogens (primary N) is 1. The highest BCUT2D eigenvalue weighted by Crippen LogP contribution is 2.24. The Balaban J connectivity index is 2.07. The number of aromatic nitrogens is 2. The summed E-state index contributed by atoms with van der Waals surface area (Å²) in [6.45, 7) is 3.30. The molecule has 0 saturated carbocycles. The largest absolute Gasteiger partial charge is 0.481 e. The van der Waals surface area contributed by atoms with Gasteiger partial charge < -0.3 is 15.2 Å². The summed E-state index contributed by atoms with van der Waals surface area (Å²) in [5.41, 5.74) is 5.13. The molecule has 0 fully saturated rings. The number of primary amides is 1. The monoisotopic (exact) mass is 307 g/mol. The molecule has 1 aromatic heterocycles. The van der Waals surface area contributed by atoms with Crippen LogP contribution in [0.25, 0.3) is 0 Å². The van der Waals surface area contributed by atoms with Gasteiger partial charge in [0, 0.05) is 6.07 Å². The van der Waals surface area contributed by atoms with Crippen molar-refractivity contribution in [2.24, 2.45) is 5.73 Å². The predicted molar refractivity (Wildman–Crippen MR) is 77.6 cm³/mol. The maximum atomic E-state index is 10.9. The van der Waals surface area contributed by atoms with E-state index in [1.165, 1.54) is 6.07 Å². The third kappa shape index (κ3) is 4.32. The highest BCUT2D eigenvalue weighted by Gasteiger charge is 2.10. The minimum atomic E-state index is -0.694. The molecule has 1 amide bonds. The van der Waals surface area contributed by atoms with Crippen LogP contribution in [0.15, 0.2) is 30.3 Å². The second kappa shape index (κ2) is 6.41. The Morgan fingerprint density at radius 2 is 1.86 bits per heavy atom. The number of carbonyl (C=O) groups excluding carboxylic acids is 1. The van der Waals surface area contributed by atoms with E-state index in [1.807, 2.05) is 0 Å². The Morgan fingerprint density at radius 1 is 1.24 bits per heavy atom. The van der Waals surface area contributed by atoms with Gasteiger partial charge in [0.05, 0.1) is 0 Å². The van der Waals surface area contributed by atoms with Crippen molar-refractivity contribution in [1.29, 1.82) is 0 Å². The first-order valence-corrected chi connectivity index (χ1v) is 6.57. The first kappa shape index (κ1) is 15.1. The SMILES string of the molecule is Cc1nc(Cl)cc(Oc2ccc(OC(C)C(N)=O)cc2)n1. The first-order chi connectivity index (χ1) is 9.94. The van der Waals surface area contributed by atoms with Gasteiger partial charge in [-0.3, -0.25) is 4.79 Å².